The number of ether oxygens (including phenoxy) is 2. The number of phosphoric ester groups is 1. The Labute approximate surface area is 183 Å². The molecule has 0 radical (unpaired) electrons. The maximum atomic E-state index is 12.9. The first-order valence-electron chi connectivity index (χ1n) is 9.94. The van der Waals surface area contributed by atoms with E-state index in [2.05, 4.69) is 5.92 Å². The number of hydrogen-bond donors (Lipinski definition) is 2. The van der Waals surface area contributed by atoms with E-state index in [0.717, 1.165) is 16.8 Å². The lowest BCUT2D eigenvalue weighted by atomic mass is 9.95. The Kier molecular flexibility index (Phi) is 7.09. The van der Waals surface area contributed by atoms with Gasteiger partial charge < -0.3 is 14.6 Å². The third kappa shape index (κ3) is 4.88. The summed E-state index contributed by atoms with van der Waals surface area (Å²) >= 11 is 0. The van der Waals surface area contributed by atoms with Gasteiger partial charge in [0.05, 0.1) is 25.2 Å². The second kappa shape index (κ2) is 9.31. The summed E-state index contributed by atoms with van der Waals surface area (Å²) < 4.78 is 40.5. The molecule has 2 aliphatic rings. The van der Waals surface area contributed by atoms with Crippen molar-refractivity contribution in [3.63, 3.8) is 0 Å². The molecule has 0 unspecified atom stereocenters. The molecule has 3 rings (SSSR count). The zero-order valence-electron chi connectivity index (χ0n) is 17.8. The van der Waals surface area contributed by atoms with Crippen LogP contribution in [0.4, 0.5) is 0 Å². The van der Waals surface area contributed by atoms with Crippen LogP contribution in [0.1, 0.15) is 33.4 Å². The molecule has 1 aromatic rings. The van der Waals surface area contributed by atoms with E-state index in [-0.39, 0.29) is 25.7 Å². The maximum Gasteiger partial charge on any atom is 0.475 e. The van der Waals surface area contributed by atoms with Gasteiger partial charge in [-0.2, -0.15) is 0 Å². The number of esters is 1. The quantitative estimate of drug-likeness (QED) is 0.322. The fourth-order valence-electron chi connectivity index (χ4n) is 3.29. The number of phosphoric acid groups is 1. The Morgan fingerprint density at radius 3 is 2.81 bits per heavy atom. The molecular weight excluding hydrogens is 447 g/mol. The van der Waals surface area contributed by atoms with Crippen LogP contribution in [0.3, 0.4) is 0 Å². The number of rotatable bonds is 7. The van der Waals surface area contributed by atoms with Crippen molar-refractivity contribution in [3.8, 4) is 12.3 Å². The fourth-order valence-corrected chi connectivity index (χ4v) is 4.72. The highest BCUT2D eigenvalue weighted by molar-refractivity contribution is 7.48. The predicted molar refractivity (Wildman–Crippen MR) is 108 cm³/mol. The number of carbonyl (C=O) groups is 1. The molecular formula is C19H25N2O10P. The van der Waals surface area contributed by atoms with Gasteiger partial charge in [0, 0.05) is 12.3 Å². The Hall–Kier alpha value is -2.26. The topological polar surface area (TPSA) is 155 Å². The first-order chi connectivity index (χ1) is 15.0. The standard InChI is InChI=1S/C19H25N2O10P/c1-5-19(25)15-13(30-17(19)21-8-6-14(22)20-18(21)24)10-28-32(26,31-15)27-9-7-12(4)16(23)29-11(2)3/h1,6,8,11-13,15,17,25H,7,9-10H2,2-4H3,(H,20,22,24)/t12-,13+,15+,17+,19+,32-/m0/s1. The highest BCUT2D eigenvalue weighted by Crippen LogP contribution is 2.58. The van der Waals surface area contributed by atoms with Crippen LogP contribution < -0.4 is 11.2 Å². The SMILES string of the molecule is C#C[C@@]1(O)[C@@H]2O[P@@](=O)(OCC[C@H](C)C(=O)OC(C)C)OC[C@H]2O[C@H]1n1ccc(=O)[nH]c1=O. The van der Waals surface area contributed by atoms with Crippen LogP contribution >= 0.6 is 7.82 Å². The second-order valence-corrected chi connectivity index (χ2v) is 9.41. The number of aromatic nitrogens is 2. The zero-order valence-corrected chi connectivity index (χ0v) is 18.7. The van der Waals surface area contributed by atoms with Crippen molar-refractivity contribution in [2.45, 2.75) is 57.3 Å². The average Bonchev–Trinajstić information content (AvgIpc) is 2.99. The van der Waals surface area contributed by atoms with Crippen LogP contribution in [0.15, 0.2) is 21.9 Å². The van der Waals surface area contributed by atoms with E-state index in [4.69, 9.17) is 29.5 Å². The lowest BCUT2D eigenvalue weighted by Gasteiger charge is -2.34. The van der Waals surface area contributed by atoms with Gasteiger partial charge in [-0.15, -0.1) is 6.42 Å². The summed E-state index contributed by atoms with van der Waals surface area (Å²) in [5.41, 5.74) is -3.73. The predicted octanol–water partition coefficient (Wildman–Crippen LogP) is 0.316. The molecule has 176 valence electrons. The van der Waals surface area contributed by atoms with Crippen LogP contribution in [-0.2, 0) is 32.4 Å². The summed E-state index contributed by atoms with van der Waals surface area (Å²) in [4.78, 5) is 37.4. The number of aromatic amines is 1. The lowest BCUT2D eigenvalue weighted by molar-refractivity contribution is -0.152. The lowest BCUT2D eigenvalue weighted by Crippen LogP contribution is -2.50. The largest absolute Gasteiger partial charge is 0.475 e. The summed E-state index contributed by atoms with van der Waals surface area (Å²) in [6, 6.07) is 1.06. The van der Waals surface area contributed by atoms with E-state index in [1.807, 2.05) is 4.98 Å². The number of terminal acetylenes is 1. The van der Waals surface area contributed by atoms with Crippen LogP contribution in [0.2, 0.25) is 0 Å². The minimum Gasteiger partial charge on any atom is -0.463 e. The highest BCUT2D eigenvalue weighted by atomic mass is 31.2. The molecule has 32 heavy (non-hydrogen) atoms. The summed E-state index contributed by atoms with van der Waals surface area (Å²) in [5.74, 6) is 1.19. The normalized spacial score (nSPS) is 32.8. The van der Waals surface area contributed by atoms with Crippen molar-refractivity contribution < 1.29 is 37.5 Å². The molecule has 0 amide bonds. The van der Waals surface area contributed by atoms with E-state index in [1.54, 1.807) is 20.8 Å². The minimum atomic E-state index is -4.16. The van der Waals surface area contributed by atoms with E-state index in [1.165, 1.54) is 0 Å². The van der Waals surface area contributed by atoms with Crippen LogP contribution in [0.25, 0.3) is 0 Å². The highest BCUT2D eigenvalue weighted by Gasteiger charge is 2.62. The van der Waals surface area contributed by atoms with Gasteiger partial charge in [-0.3, -0.25) is 32.7 Å². The molecule has 12 nitrogen and oxygen atoms in total. The van der Waals surface area contributed by atoms with Crippen LogP contribution in [-0.4, -0.2) is 57.8 Å². The van der Waals surface area contributed by atoms with Crippen LogP contribution in [0, 0.1) is 18.3 Å². The first kappa shape index (κ1) is 24.4. The third-order valence-electron chi connectivity index (χ3n) is 4.98. The number of nitrogens with one attached hydrogen (secondary N) is 1. The molecule has 0 aliphatic carbocycles. The van der Waals surface area contributed by atoms with Gasteiger partial charge in [0.2, 0.25) is 0 Å². The maximum absolute atomic E-state index is 12.9. The van der Waals surface area contributed by atoms with Crippen LogP contribution in [0.5, 0.6) is 0 Å². The summed E-state index contributed by atoms with van der Waals surface area (Å²) in [7, 11) is -4.16. The van der Waals surface area contributed by atoms with Gasteiger partial charge >= 0.3 is 19.5 Å². The molecule has 6 atom stereocenters. The van der Waals surface area contributed by atoms with Gasteiger partial charge in [-0.25, -0.2) is 9.36 Å². The molecule has 2 saturated heterocycles. The zero-order chi connectivity index (χ0) is 23.7. The second-order valence-electron chi connectivity index (χ2n) is 7.79. The monoisotopic (exact) mass is 472 g/mol. The van der Waals surface area contributed by atoms with Crippen molar-refractivity contribution in [2.75, 3.05) is 13.2 Å². The summed E-state index contributed by atoms with van der Waals surface area (Å²) in [5, 5.41) is 11.1. The molecule has 13 heteroatoms. The number of fused-ring (bicyclic) bond motifs is 1. The number of aliphatic hydroxyl groups is 1. The van der Waals surface area contributed by atoms with Gasteiger partial charge in [0.25, 0.3) is 5.56 Å². The first-order valence-corrected chi connectivity index (χ1v) is 11.4. The third-order valence-corrected chi connectivity index (χ3v) is 6.43. The Bertz CT molecular complexity index is 1060. The smallest absolute Gasteiger partial charge is 0.463 e. The molecule has 2 N–H and O–H groups in total. The van der Waals surface area contributed by atoms with Crippen molar-refractivity contribution in [1.29, 1.82) is 0 Å². The number of carbonyl (C=O) groups excluding carboxylic acids is 1. The van der Waals surface area contributed by atoms with Crippen molar-refractivity contribution >= 4 is 13.8 Å². The minimum absolute atomic E-state index is 0.152. The summed E-state index contributed by atoms with van der Waals surface area (Å²) in [6.45, 7) is 4.64. The van der Waals surface area contributed by atoms with E-state index in [9.17, 15) is 24.1 Å². The Morgan fingerprint density at radius 2 is 2.19 bits per heavy atom. The molecule has 2 aliphatic heterocycles. The van der Waals surface area contributed by atoms with E-state index < -0.39 is 55.0 Å². The van der Waals surface area contributed by atoms with Crippen molar-refractivity contribution in [1.82, 2.24) is 9.55 Å². The molecule has 0 bridgehead atoms. The number of nitrogens with zero attached hydrogens (tertiary/aromatic N) is 1. The summed E-state index contributed by atoms with van der Waals surface area (Å²) in [6.07, 6.45) is 2.79. The molecule has 0 aromatic carbocycles. The Balaban J connectivity index is 1.70. The number of hydrogen-bond acceptors (Lipinski definition) is 10. The van der Waals surface area contributed by atoms with E-state index >= 15 is 0 Å². The molecule has 0 spiro atoms. The van der Waals surface area contributed by atoms with Crippen molar-refractivity contribution in [3.05, 3.63) is 33.1 Å². The van der Waals surface area contributed by atoms with Gasteiger partial charge in [0.15, 0.2) is 11.8 Å². The van der Waals surface area contributed by atoms with Gasteiger partial charge in [-0.1, -0.05) is 12.8 Å². The van der Waals surface area contributed by atoms with Gasteiger partial charge in [-0.05, 0) is 20.3 Å². The molecule has 1 aromatic heterocycles. The molecule has 0 saturated carbocycles. The average molecular weight is 472 g/mol. The Morgan fingerprint density at radius 1 is 1.47 bits per heavy atom. The number of H-pyrrole nitrogens is 1. The fraction of sp³-hybridized carbons (Fsp3) is 0.632. The van der Waals surface area contributed by atoms with Crippen molar-refractivity contribution in [2.24, 2.45) is 5.92 Å². The molecule has 3 heterocycles. The van der Waals surface area contributed by atoms with Gasteiger partial charge in [0.1, 0.15) is 12.2 Å². The van der Waals surface area contributed by atoms with E-state index in [0.29, 0.717) is 0 Å². The molecule has 2 fully saturated rings.